The Bertz CT molecular complexity index is 555. The Morgan fingerprint density at radius 3 is 0.556 bits per heavy atom. The highest BCUT2D eigenvalue weighted by Crippen LogP contribution is 2.16. The Balaban J connectivity index is 3.04. The minimum absolute atomic E-state index is 0.742. The Morgan fingerprint density at radius 2 is 0.378 bits per heavy atom. The lowest BCUT2D eigenvalue weighted by Crippen LogP contribution is -1.97. The summed E-state index contributed by atoms with van der Waals surface area (Å²) in [6, 6.07) is 4.48. The molecule has 0 aliphatic rings. The van der Waals surface area contributed by atoms with Gasteiger partial charge in [0.25, 0.3) is 0 Å². The zero-order chi connectivity index (χ0) is 32.4. The summed E-state index contributed by atoms with van der Waals surface area (Å²) in [5.74, 6) is 0. The normalized spacial score (nSPS) is 11.2. The Morgan fingerprint density at radius 1 is 0.222 bits per heavy atom. The first-order chi connectivity index (χ1) is 22.4. The number of nitriles is 2. The molecule has 0 atom stereocenters. The van der Waals surface area contributed by atoms with Gasteiger partial charge in [-0.2, -0.15) is 10.5 Å². The van der Waals surface area contributed by atoms with Gasteiger partial charge in [0.15, 0.2) is 0 Å². The molecule has 0 unspecified atom stereocenters. The Kier molecular flexibility index (Phi) is 41.9. The van der Waals surface area contributed by atoms with E-state index in [1.165, 1.54) is 218 Å². The van der Waals surface area contributed by atoms with E-state index >= 15 is 0 Å². The van der Waals surface area contributed by atoms with Crippen LogP contribution in [0.4, 0.5) is 0 Å². The SMILES string of the molecule is N#CCCCCCCCCCCCCCCCCCCCCOCCCCCCCCCCCCCCCCCCCCC#N. The third-order valence-corrected chi connectivity index (χ3v) is 9.65. The van der Waals surface area contributed by atoms with Gasteiger partial charge in [0.1, 0.15) is 0 Å². The van der Waals surface area contributed by atoms with Gasteiger partial charge in [-0.25, -0.2) is 0 Å². The molecule has 0 radical (unpaired) electrons. The van der Waals surface area contributed by atoms with Crippen molar-refractivity contribution >= 4 is 0 Å². The zero-order valence-electron chi connectivity index (χ0n) is 30.6. The highest BCUT2D eigenvalue weighted by atomic mass is 16.5. The van der Waals surface area contributed by atoms with Gasteiger partial charge < -0.3 is 4.74 Å². The molecule has 0 aromatic carbocycles. The van der Waals surface area contributed by atoms with E-state index in [1.54, 1.807) is 0 Å². The van der Waals surface area contributed by atoms with Crippen molar-refractivity contribution in [2.45, 2.75) is 244 Å². The summed E-state index contributed by atoms with van der Waals surface area (Å²) in [5, 5.41) is 17.1. The molecule has 0 aromatic heterocycles. The molecule has 0 spiro atoms. The number of hydrogen-bond donors (Lipinski definition) is 0. The molecule has 3 nitrogen and oxygen atoms in total. The van der Waals surface area contributed by atoms with Crippen molar-refractivity contribution in [3.63, 3.8) is 0 Å². The van der Waals surface area contributed by atoms with Crippen LogP contribution in [0.3, 0.4) is 0 Å². The molecule has 0 aliphatic carbocycles. The molecule has 45 heavy (non-hydrogen) atoms. The smallest absolute Gasteiger partial charge is 0.0621 e. The standard InChI is InChI=1S/C42H80N2O/c43-39-35-31-27-23-19-15-11-7-3-1-5-9-13-17-21-25-29-33-37-41-45-42-38-34-30-26-22-18-14-10-6-2-4-8-12-16-20-24-28-32-36-40-44/h1-38,41-42H2. The number of hydrogen-bond acceptors (Lipinski definition) is 3. The molecule has 0 bridgehead atoms. The van der Waals surface area contributed by atoms with Crippen molar-refractivity contribution < 1.29 is 4.74 Å². The molecule has 0 aliphatic heterocycles. The first-order valence-electron chi connectivity index (χ1n) is 20.7. The molecular formula is C42H80N2O. The first kappa shape index (κ1) is 43.9. The number of ether oxygens (including phenoxy) is 1. The fourth-order valence-corrected chi connectivity index (χ4v) is 6.58. The van der Waals surface area contributed by atoms with Gasteiger partial charge >= 0.3 is 0 Å². The van der Waals surface area contributed by atoms with Crippen molar-refractivity contribution in [2.24, 2.45) is 0 Å². The molecule has 3 heteroatoms. The fourth-order valence-electron chi connectivity index (χ4n) is 6.58. The maximum Gasteiger partial charge on any atom is 0.0621 e. The topological polar surface area (TPSA) is 56.8 Å². The largest absolute Gasteiger partial charge is 0.381 e. The highest BCUT2D eigenvalue weighted by Gasteiger charge is 1.98. The molecule has 0 aromatic rings. The first-order valence-corrected chi connectivity index (χ1v) is 20.7. The van der Waals surface area contributed by atoms with Crippen LogP contribution in [-0.2, 0) is 4.74 Å². The second-order valence-electron chi connectivity index (χ2n) is 14.2. The molecular weight excluding hydrogens is 548 g/mol. The second kappa shape index (κ2) is 42.9. The van der Waals surface area contributed by atoms with Crippen LogP contribution in [0, 0.1) is 22.7 Å². The van der Waals surface area contributed by atoms with Crippen LogP contribution in [0.1, 0.15) is 244 Å². The Labute approximate surface area is 284 Å². The second-order valence-corrected chi connectivity index (χ2v) is 14.2. The molecule has 0 rings (SSSR count). The van der Waals surface area contributed by atoms with Gasteiger partial charge in [0, 0.05) is 26.1 Å². The van der Waals surface area contributed by atoms with E-state index in [9.17, 15) is 0 Å². The van der Waals surface area contributed by atoms with Crippen LogP contribution >= 0.6 is 0 Å². The van der Waals surface area contributed by atoms with Crippen molar-refractivity contribution in [3.8, 4) is 12.1 Å². The number of nitrogens with zero attached hydrogens (tertiary/aromatic N) is 2. The lowest BCUT2D eigenvalue weighted by Gasteiger charge is -2.06. The summed E-state index contributed by atoms with van der Waals surface area (Å²) in [4.78, 5) is 0. The predicted molar refractivity (Wildman–Crippen MR) is 197 cm³/mol. The van der Waals surface area contributed by atoms with E-state index in [2.05, 4.69) is 12.1 Å². The highest BCUT2D eigenvalue weighted by molar-refractivity contribution is 4.68. The average Bonchev–Trinajstić information content (AvgIpc) is 3.05. The molecule has 0 saturated carbocycles. The molecule has 0 heterocycles. The summed E-state index contributed by atoms with van der Waals surface area (Å²) in [5.41, 5.74) is 0. The van der Waals surface area contributed by atoms with Crippen LogP contribution in [0.15, 0.2) is 0 Å². The van der Waals surface area contributed by atoms with Gasteiger partial charge in [-0.05, 0) is 25.7 Å². The Hall–Kier alpha value is -1.06. The fraction of sp³-hybridized carbons (Fsp3) is 0.952. The maximum absolute atomic E-state index is 8.55. The monoisotopic (exact) mass is 629 g/mol. The van der Waals surface area contributed by atoms with E-state index in [0.717, 1.165) is 38.9 Å². The number of unbranched alkanes of at least 4 members (excludes halogenated alkanes) is 36. The molecule has 0 fully saturated rings. The van der Waals surface area contributed by atoms with Crippen LogP contribution < -0.4 is 0 Å². The van der Waals surface area contributed by atoms with Crippen LogP contribution in [0.25, 0.3) is 0 Å². The molecule has 0 N–H and O–H groups in total. The lowest BCUT2D eigenvalue weighted by molar-refractivity contribution is 0.125. The lowest BCUT2D eigenvalue weighted by atomic mass is 10.0. The maximum atomic E-state index is 8.55. The number of rotatable bonds is 40. The van der Waals surface area contributed by atoms with E-state index in [4.69, 9.17) is 15.3 Å². The van der Waals surface area contributed by atoms with Gasteiger partial charge in [-0.15, -0.1) is 0 Å². The average molecular weight is 629 g/mol. The van der Waals surface area contributed by atoms with Crippen molar-refractivity contribution in [1.82, 2.24) is 0 Å². The van der Waals surface area contributed by atoms with E-state index in [-0.39, 0.29) is 0 Å². The summed E-state index contributed by atoms with van der Waals surface area (Å²) in [6.45, 7) is 1.96. The van der Waals surface area contributed by atoms with Crippen molar-refractivity contribution in [1.29, 1.82) is 10.5 Å². The minimum Gasteiger partial charge on any atom is -0.381 e. The van der Waals surface area contributed by atoms with E-state index < -0.39 is 0 Å². The van der Waals surface area contributed by atoms with Crippen molar-refractivity contribution in [2.75, 3.05) is 13.2 Å². The predicted octanol–water partition coefficient (Wildman–Crippen LogP) is 14.9. The third-order valence-electron chi connectivity index (χ3n) is 9.65. The summed E-state index contributed by atoms with van der Waals surface area (Å²) in [6.07, 6.45) is 51.1. The molecule has 0 saturated heterocycles. The van der Waals surface area contributed by atoms with Gasteiger partial charge in [0.05, 0.1) is 12.1 Å². The van der Waals surface area contributed by atoms with Gasteiger partial charge in [-0.3, -0.25) is 0 Å². The summed E-state index contributed by atoms with van der Waals surface area (Å²) in [7, 11) is 0. The van der Waals surface area contributed by atoms with Crippen molar-refractivity contribution in [3.05, 3.63) is 0 Å². The minimum atomic E-state index is 0.742. The van der Waals surface area contributed by atoms with Gasteiger partial charge in [0.2, 0.25) is 0 Å². The van der Waals surface area contributed by atoms with E-state index in [1.807, 2.05) is 0 Å². The van der Waals surface area contributed by atoms with Crippen LogP contribution in [0.5, 0.6) is 0 Å². The molecule has 264 valence electrons. The third kappa shape index (κ3) is 42.9. The summed E-state index contributed by atoms with van der Waals surface area (Å²) < 4.78 is 5.89. The van der Waals surface area contributed by atoms with Crippen LogP contribution in [-0.4, -0.2) is 13.2 Å². The van der Waals surface area contributed by atoms with Crippen LogP contribution in [0.2, 0.25) is 0 Å². The quantitative estimate of drug-likeness (QED) is 0.0634. The molecule has 0 amide bonds. The zero-order valence-corrected chi connectivity index (χ0v) is 30.6. The van der Waals surface area contributed by atoms with Gasteiger partial charge in [-0.1, -0.05) is 205 Å². The van der Waals surface area contributed by atoms with E-state index in [0.29, 0.717) is 0 Å². The summed E-state index contributed by atoms with van der Waals surface area (Å²) >= 11 is 0.